The number of rotatable bonds is 8. The van der Waals surface area contributed by atoms with Crippen molar-refractivity contribution in [3.05, 3.63) is 23.3 Å². The summed E-state index contributed by atoms with van der Waals surface area (Å²) in [7, 11) is 1.93. The summed E-state index contributed by atoms with van der Waals surface area (Å²) in [6.07, 6.45) is 0.618. The maximum absolute atomic E-state index is 12.1. The van der Waals surface area contributed by atoms with Gasteiger partial charge in [-0.05, 0) is 30.8 Å². The molecule has 0 bridgehead atoms. The zero-order valence-corrected chi connectivity index (χ0v) is 17.1. The molecule has 2 heterocycles. The highest BCUT2D eigenvalue weighted by molar-refractivity contribution is 6.41. The Labute approximate surface area is 175 Å². The van der Waals surface area contributed by atoms with Crippen LogP contribution in [-0.4, -0.2) is 101 Å². The number of carboxylic acid groups (broad SMARTS) is 1. The van der Waals surface area contributed by atoms with Crippen LogP contribution in [0, 0.1) is 0 Å². The Kier molecular flexibility index (Phi) is 6.86. The van der Waals surface area contributed by atoms with E-state index in [9.17, 15) is 19.8 Å². The van der Waals surface area contributed by atoms with E-state index in [4.69, 9.17) is 14.8 Å². The summed E-state index contributed by atoms with van der Waals surface area (Å²) >= 11 is 0. The largest absolute Gasteiger partial charge is 0.507 e. The molecule has 2 saturated heterocycles. The number of benzene rings is 1. The molecule has 2 fully saturated rings. The number of phenols is 1. The molecular formula is C19H28BN3O7. The van der Waals surface area contributed by atoms with Gasteiger partial charge < -0.3 is 35.2 Å². The predicted octanol–water partition coefficient (Wildman–Crippen LogP) is -1.01. The average molecular weight is 421 g/mol. The normalized spacial score (nSPS) is 21.9. The van der Waals surface area contributed by atoms with E-state index in [0.717, 1.165) is 6.42 Å². The Morgan fingerprint density at radius 1 is 1.30 bits per heavy atom. The van der Waals surface area contributed by atoms with E-state index in [1.807, 2.05) is 0 Å². The van der Waals surface area contributed by atoms with Crippen LogP contribution in [-0.2, 0) is 11.2 Å². The van der Waals surface area contributed by atoms with Gasteiger partial charge in [0.2, 0.25) is 5.91 Å². The number of aromatic carboxylic acids is 1. The zero-order chi connectivity index (χ0) is 22.0. The van der Waals surface area contributed by atoms with Crippen molar-refractivity contribution in [2.24, 2.45) is 0 Å². The molecule has 0 spiro atoms. The third-order valence-electron chi connectivity index (χ3n) is 5.64. The topological polar surface area (TPSA) is 143 Å². The maximum atomic E-state index is 12.1. The molecule has 1 amide bonds. The smallest absolute Gasteiger partial charge is 0.451 e. The van der Waals surface area contributed by atoms with Crippen LogP contribution in [0.25, 0.3) is 0 Å². The van der Waals surface area contributed by atoms with Gasteiger partial charge >= 0.3 is 13.1 Å². The number of likely N-dealkylation sites (tertiary alicyclic amines) is 1. The number of aromatic hydroxyl groups is 1. The lowest BCUT2D eigenvalue weighted by Gasteiger charge is -2.42. The average Bonchev–Trinajstić information content (AvgIpc) is 3.11. The van der Waals surface area contributed by atoms with Gasteiger partial charge in [0.1, 0.15) is 23.2 Å². The van der Waals surface area contributed by atoms with Gasteiger partial charge in [-0.2, -0.15) is 0 Å². The first-order valence-electron chi connectivity index (χ1n) is 9.97. The lowest BCUT2D eigenvalue weighted by atomic mass is 9.82. The van der Waals surface area contributed by atoms with Gasteiger partial charge in [0, 0.05) is 39.8 Å². The fourth-order valence-electron chi connectivity index (χ4n) is 3.92. The number of hydrogen-bond donors (Lipinski definition) is 5. The minimum Gasteiger partial charge on any atom is -0.507 e. The van der Waals surface area contributed by atoms with Crippen molar-refractivity contribution in [2.75, 3.05) is 33.7 Å². The summed E-state index contributed by atoms with van der Waals surface area (Å²) in [5, 5.41) is 41.1. The fraction of sp³-hybridized carbons (Fsp3) is 0.579. The van der Waals surface area contributed by atoms with E-state index in [-0.39, 0.29) is 48.1 Å². The van der Waals surface area contributed by atoms with Crippen molar-refractivity contribution in [3.63, 3.8) is 0 Å². The number of nitrogens with zero attached hydrogens (tertiary/aromatic N) is 2. The SMILES string of the molecule is CN(C)C(=O)[C@@H]1C[C@H](N2CC(Oc3ccc(CCB(O)O)c(O)c3C(=O)O)C2)CN1. The number of ether oxygens (including phenoxy) is 1. The van der Waals surface area contributed by atoms with Crippen LogP contribution in [0.4, 0.5) is 0 Å². The molecule has 1 aromatic carbocycles. The molecular weight excluding hydrogens is 393 g/mol. The number of carboxylic acids is 1. The first-order valence-corrected chi connectivity index (χ1v) is 9.97. The number of nitrogens with one attached hydrogen (secondary N) is 1. The molecule has 2 aliphatic rings. The summed E-state index contributed by atoms with van der Waals surface area (Å²) in [6, 6.07) is 3.06. The highest BCUT2D eigenvalue weighted by Gasteiger charge is 2.40. The van der Waals surface area contributed by atoms with Gasteiger partial charge in [-0.3, -0.25) is 9.69 Å². The van der Waals surface area contributed by atoms with Crippen LogP contribution < -0.4 is 10.1 Å². The first-order chi connectivity index (χ1) is 14.2. The van der Waals surface area contributed by atoms with Crippen LogP contribution in [0.1, 0.15) is 22.3 Å². The van der Waals surface area contributed by atoms with Crippen molar-refractivity contribution in [1.82, 2.24) is 15.1 Å². The third-order valence-corrected chi connectivity index (χ3v) is 5.64. The number of carbonyl (C=O) groups excluding carboxylic acids is 1. The van der Waals surface area contributed by atoms with E-state index < -0.39 is 18.8 Å². The third kappa shape index (κ3) is 4.86. The molecule has 0 aliphatic carbocycles. The number of hydrogen-bond acceptors (Lipinski definition) is 8. The summed E-state index contributed by atoms with van der Waals surface area (Å²) in [4.78, 5) is 27.5. The minimum absolute atomic E-state index is 0.0167. The maximum Gasteiger partial charge on any atom is 0.451 e. The molecule has 0 radical (unpaired) electrons. The second-order valence-corrected chi connectivity index (χ2v) is 8.05. The van der Waals surface area contributed by atoms with Crippen LogP contribution in [0.5, 0.6) is 11.5 Å². The van der Waals surface area contributed by atoms with Crippen molar-refractivity contribution in [2.45, 2.75) is 37.3 Å². The lowest BCUT2D eigenvalue weighted by Crippen LogP contribution is -2.58. The zero-order valence-electron chi connectivity index (χ0n) is 17.1. The van der Waals surface area contributed by atoms with Gasteiger partial charge in [0.05, 0.1) is 6.04 Å². The van der Waals surface area contributed by atoms with Crippen LogP contribution in [0.15, 0.2) is 12.1 Å². The molecule has 3 rings (SSSR count). The van der Waals surface area contributed by atoms with Gasteiger partial charge in [-0.1, -0.05) is 6.07 Å². The second-order valence-electron chi connectivity index (χ2n) is 8.05. The van der Waals surface area contributed by atoms with E-state index in [0.29, 0.717) is 25.2 Å². The molecule has 0 unspecified atom stereocenters. The molecule has 2 atom stereocenters. The quantitative estimate of drug-likeness (QED) is 0.334. The molecule has 11 heteroatoms. The van der Waals surface area contributed by atoms with E-state index in [1.54, 1.807) is 19.0 Å². The van der Waals surface area contributed by atoms with E-state index in [2.05, 4.69) is 10.2 Å². The fourth-order valence-corrected chi connectivity index (χ4v) is 3.92. The monoisotopic (exact) mass is 421 g/mol. The first kappa shape index (κ1) is 22.4. The van der Waals surface area contributed by atoms with Gasteiger partial charge in [0.15, 0.2) is 0 Å². The van der Waals surface area contributed by atoms with Crippen molar-refractivity contribution in [3.8, 4) is 11.5 Å². The predicted molar refractivity (Wildman–Crippen MR) is 109 cm³/mol. The van der Waals surface area contributed by atoms with Crippen molar-refractivity contribution < 1.29 is 34.6 Å². The molecule has 164 valence electrons. The minimum atomic E-state index is -1.53. The Bertz CT molecular complexity index is 799. The second kappa shape index (κ2) is 9.21. The highest BCUT2D eigenvalue weighted by atomic mass is 16.5. The summed E-state index contributed by atoms with van der Waals surface area (Å²) in [6.45, 7) is 1.92. The highest BCUT2D eigenvalue weighted by Crippen LogP contribution is 2.34. The summed E-state index contributed by atoms with van der Waals surface area (Å²) in [5.41, 5.74) is -0.00530. The molecule has 5 N–H and O–H groups in total. The van der Waals surface area contributed by atoms with Crippen LogP contribution >= 0.6 is 0 Å². The van der Waals surface area contributed by atoms with Gasteiger partial charge in [-0.25, -0.2) is 4.79 Å². The molecule has 2 aliphatic heterocycles. The Hall–Kier alpha value is -2.34. The Morgan fingerprint density at radius 3 is 2.60 bits per heavy atom. The number of amides is 1. The standard InChI is InChI=1S/C19H28BN3O7/c1-22(2)18(25)14-7-12(8-21-14)23-9-13(10-23)30-15-4-3-11(5-6-20(28)29)17(24)16(15)19(26)27/h3-4,12-14,21,24,28-29H,5-10H2,1-2H3,(H,26,27)/t12-,14-/m0/s1. The molecule has 0 aromatic heterocycles. The van der Waals surface area contributed by atoms with Gasteiger partial charge in [-0.15, -0.1) is 0 Å². The number of carbonyl (C=O) groups is 2. The Balaban J connectivity index is 1.58. The van der Waals surface area contributed by atoms with Crippen molar-refractivity contribution >= 4 is 19.0 Å². The van der Waals surface area contributed by atoms with Crippen molar-refractivity contribution in [1.29, 1.82) is 0 Å². The lowest BCUT2D eigenvalue weighted by molar-refractivity contribution is -0.130. The van der Waals surface area contributed by atoms with E-state index >= 15 is 0 Å². The number of likely N-dealkylation sites (N-methyl/N-ethyl adjacent to an activating group) is 1. The van der Waals surface area contributed by atoms with E-state index in [1.165, 1.54) is 12.1 Å². The molecule has 0 saturated carbocycles. The molecule has 30 heavy (non-hydrogen) atoms. The molecule has 10 nitrogen and oxygen atoms in total. The molecule has 1 aromatic rings. The Morgan fingerprint density at radius 2 is 2.00 bits per heavy atom. The summed E-state index contributed by atoms with van der Waals surface area (Å²) < 4.78 is 5.83. The van der Waals surface area contributed by atoms with Gasteiger partial charge in [0.25, 0.3) is 0 Å². The number of aryl methyl sites for hydroxylation is 1. The summed E-state index contributed by atoms with van der Waals surface area (Å²) in [5.74, 6) is -1.58. The van der Waals surface area contributed by atoms with Crippen LogP contribution in [0.3, 0.4) is 0 Å². The van der Waals surface area contributed by atoms with Crippen LogP contribution in [0.2, 0.25) is 6.32 Å².